The van der Waals surface area contributed by atoms with Crippen LogP contribution in [0, 0.1) is 5.92 Å². The zero-order valence-electron chi connectivity index (χ0n) is 12.9. The number of hydrogen-bond donors (Lipinski definition) is 3. The number of hydrogen-bond acceptors (Lipinski definition) is 4. The van der Waals surface area contributed by atoms with E-state index in [1.54, 1.807) is 29.5 Å². The molecular formula is C18H20N2O2S. The van der Waals surface area contributed by atoms with Crippen LogP contribution in [-0.2, 0) is 6.42 Å². The number of aromatic hydroxyl groups is 1. The van der Waals surface area contributed by atoms with E-state index >= 15 is 0 Å². The number of thiophene rings is 1. The number of aromatic amines is 1. The highest BCUT2D eigenvalue weighted by molar-refractivity contribution is 7.19. The second kappa shape index (κ2) is 5.98. The van der Waals surface area contributed by atoms with Gasteiger partial charge in [-0.1, -0.05) is 0 Å². The van der Waals surface area contributed by atoms with E-state index in [2.05, 4.69) is 16.4 Å². The molecule has 1 aromatic carbocycles. The van der Waals surface area contributed by atoms with Crippen LogP contribution in [0.1, 0.15) is 24.1 Å². The minimum atomic E-state index is -0.0335. The lowest BCUT2D eigenvalue weighted by atomic mass is 9.94. The Labute approximate surface area is 138 Å². The minimum Gasteiger partial charge on any atom is -0.508 e. The van der Waals surface area contributed by atoms with Crippen molar-refractivity contribution in [3.05, 3.63) is 39.5 Å². The molecule has 120 valence electrons. The van der Waals surface area contributed by atoms with Crippen LogP contribution in [-0.4, -0.2) is 23.2 Å². The van der Waals surface area contributed by atoms with Crippen molar-refractivity contribution in [3.63, 3.8) is 0 Å². The molecule has 3 aromatic rings. The van der Waals surface area contributed by atoms with Crippen molar-refractivity contribution >= 4 is 32.3 Å². The van der Waals surface area contributed by atoms with Gasteiger partial charge in [0.2, 0.25) is 0 Å². The number of phenols is 1. The summed E-state index contributed by atoms with van der Waals surface area (Å²) >= 11 is 1.59. The van der Waals surface area contributed by atoms with Crippen LogP contribution in [0.25, 0.3) is 21.0 Å². The molecule has 0 spiro atoms. The van der Waals surface area contributed by atoms with Gasteiger partial charge in [-0.3, -0.25) is 4.79 Å². The standard InChI is InChI=1S/C18H20N2O2S/c21-12-4-6-16-14(8-12)15-9-13(23-17(15)18(22)20-16)5-3-11-2-1-7-19-10-11/h4,6,8-9,11,19,21H,1-3,5,7,10H2,(H,20,22). The largest absolute Gasteiger partial charge is 0.508 e. The van der Waals surface area contributed by atoms with E-state index in [1.807, 2.05) is 0 Å². The van der Waals surface area contributed by atoms with E-state index in [9.17, 15) is 9.90 Å². The van der Waals surface area contributed by atoms with E-state index in [0.29, 0.717) is 0 Å². The van der Waals surface area contributed by atoms with Crippen LogP contribution in [0.15, 0.2) is 29.1 Å². The van der Waals surface area contributed by atoms with Gasteiger partial charge in [-0.05, 0) is 69.0 Å². The first-order chi connectivity index (χ1) is 11.2. The summed E-state index contributed by atoms with van der Waals surface area (Å²) in [6.07, 6.45) is 4.75. The smallest absolute Gasteiger partial charge is 0.266 e. The lowest BCUT2D eigenvalue weighted by molar-refractivity contribution is 0.359. The number of aromatic nitrogens is 1. The number of aryl methyl sites for hydroxylation is 1. The van der Waals surface area contributed by atoms with E-state index in [-0.39, 0.29) is 11.3 Å². The van der Waals surface area contributed by atoms with Gasteiger partial charge in [-0.2, -0.15) is 0 Å². The van der Waals surface area contributed by atoms with Crippen molar-refractivity contribution in [1.29, 1.82) is 0 Å². The lowest BCUT2D eigenvalue weighted by Crippen LogP contribution is -2.29. The quantitative estimate of drug-likeness (QED) is 0.690. The average Bonchev–Trinajstić information content (AvgIpc) is 3.00. The fourth-order valence-electron chi connectivity index (χ4n) is 3.49. The molecule has 1 aliphatic rings. The number of benzene rings is 1. The van der Waals surface area contributed by atoms with Crippen molar-refractivity contribution in [2.75, 3.05) is 13.1 Å². The number of nitrogens with one attached hydrogen (secondary N) is 2. The van der Waals surface area contributed by atoms with E-state index in [4.69, 9.17) is 0 Å². The lowest BCUT2D eigenvalue weighted by Gasteiger charge is -2.22. The summed E-state index contributed by atoms with van der Waals surface area (Å²) in [6, 6.07) is 7.23. The molecule has 1 fully saturated rings. The zero-order chi connectivity index (χ0) is 15.8. The normalized spacial score (nSPS) is 18.7. The molecule has 0 bridgehead atoms. The maximum absolute atomic E-state index is 12.3. The molecule has 1 saturated heterocycles. The number of rotatable bonds is 3. The number of fused-ring (bicyclic) bond motifs is 3. The first kappa shape index (κ1) is 14.7. The molecule has 0 radical (unpaired) electrons. The van der Waals surface area contributed by atoms with Gasteiger partial charge in [0, 0.05) is 21.2 Å². The summed E-state index contributed by atoms with van der Waals surface area (Å²) in [6.45, 7) is 2.26. The summed E-state index contributed by atoms with van der Waals surface area (Å²) in [5.74, 6) is 0.972. The molecule has 1 atom stereocenters. The summed E-state index contributed by atoms with van der Waals surface area (Å²) in [5, 5.41) is 15.1. The second-order valence-electron chi connectivity index (χ2n) is 6.39. The molecule has 2 aromatic heterocycles. The number of phenolic OH excluding ortho intramolecular Hbond substituents is 1. The van der Waals surface area contributed by atoms with Gasteiger partial charge in [0.15, 0.2) is 0 Å². The Bertz CT molecular complexity index is 906. The van der Waals surface area contributed by atoms with Gasteiger partial charge in [0.05, 0.1) is 0 Å². The Hall–Kier alpha value is -1.85. The molecule has 5 heteroatoms. The van der Waals surface area contributed by atoms with Crippen molar-refractivity contribution in [2.45, 2.75) is 25.7 Å². The molecule has 4 nitrogen and oxygen atoms in total. The van der Waals surface area contributed by atoms with Gasteiger partial charge < -0.3 is 15.4 Å². The van der Waals surface area contributed by atoms with Crippen LogP contribution in [0.3, 0.4) is 0 Å². The molecule has 23 heavy (non-hydrogen) atoms. The van der Waals surface area contributed by atoms with Crippen molar-refractivity contribution in [1.82, 2.24) is 10.3 Å². The van der Waals surface area contributed by atoms with Gasteiger partial charge in [-0.15, -0.1) is 11.3 Å². The Morgan fingerprint density at radius 1 is 1.26 bits per heavy atom. The molecule has 3 heterocycles. The van der Waals surface area contributed by atoms with Crippen LogP contribution < -0.4 is 10.9 Å². The Kier molecular flexibility index (Phi) is 3.83. The van der Waals surface area contributed by atoms with Crippen LogP contribution >= 0.6 is 11.3 Å². The summed E-state index contributed by atoms with van der Waals surface area (Å²) in [4.78, 5) is 16.4. The monoisotopic (exact) mass is 328 g/mol. The Morgan fingerprint density at radius 2 is 2.17 bits per heavy atom. The summed E-state index contributed by atoms with van der Waals surface area (Å²) < 4.78 is 0.764. The van der Waals surface area contributed by atoms with E-state index in [0.717, 1.165) is 46.4 Å². The molecule has 0 saturated carbocycles. The molecule has 3 N–H and O–H groups in total. The molecular weight excluding hydrogens is 308 g/mol. The maximum Gasteiger partial charge on any atom is 0.266 e. The van der Waals surface area contributed by atoms with Crippen molar-refractivity contribution < 1.29 is 5.11 Å². The van der Waals surface area contributed by atoms with Crippen LogP contribution in [0.5, 0.6) is 5.75 Å². The van der Waals surface area contributed by atoms with Crippen molar-refractivity contribution in [3.8, 4) is 5.75 Å². The SMILES string of the molecule is O=c1[nH]c2ccc(O)cc2c2cc(CCC3CCCNC3)sc12. The third-order valence-corrected chi connectivity index (χ3v) is 5.92. The molecule has 0 aliphatic carbocycles. The zero-order valence-corrected chi connectivity index (χ0v) is 13.7. The van der Waals surface area contributed by atoms with Crippen LogP contribution in [0.2, 0.25) is 0 Å². The highest BCUT2D eigenvalue weighted by Crippen LogP contribution is 2.31. The fraction of sp³-hybridized carbons (Fsp3) is 0.389. The minimum absolute atomic E-state index is 0.0335. The molecule has 1 unspecified atom stereocenters. The Morgan fingerprint density at radius 3 is 3.00 bits per heavy atom. The highest BCUT2D eigenvalue weighted by atomic mass is 32.1. The first-order valence-electron chi connectivity index (χ1n) is 8.19. The number of piperidine rings is 1. The van der Waals surface area contributed by atoms with Crippen molar-refractivity contribution in [2.24, 2.45) is 5.92 Å². The van der Waals surface area contributed by atoms with E-state index < -0.39 is 0 Å². The highest BCUT2D eigenvalue weighted by Gasteiger charge is 2.15. The molecule has 0 amide bonds. The Balaban J connectivity index is 1.69. The van der Waals surface area contributed by atoms with Gasteiger partial charge in [0.25, 0.3) is 5.56 Å². The topological polar surface area (TPSA) is 65.1 Å². The van der Waals surface area contributed by atoms with E-state index in [1.165, 1.54) is 24.1 Å². The number of pyridine rings is 1. The predicted octanol–water partition coefficient (Wildman–Crippen LogP) is 3.38. The maximum atomic E-state index is 12.3. The predicted molar refractivity (Wildman–Crippen MR) is 95.5 cm³/mol. The third kappa shape index (κ3) is 2.86. The van der Waals surface area contributed by atoms with Gasteiger partial charge >= 0.3 is 0 Å². The fourth-order valence-corrected chi connectivity index (χ4v) is 4.58. The van der Waals surface area contributed by atoms with Crippen LogP contribution in [0.4, 0.5) is 0 Å². The van der Waals surface area contributed by atoms with Gasteiger partial charge in [0.1, 0.15) is 10.4 Å². The average molecular weight is 328 g/mol. The number of H-pyrrole nitrogens is 1. The van der Waals surface area contributed by atoms with Gasteiger partial charge in [-0.25, -0.2) is 0 Å². The molecule has 4 rings (SSSR count). The second-order valence-corrected chi connectivity index (χ2v) is 7.53. The summed E-state index contributed by atoms with van der Waals surface area (Å²) in [5.41, 5.74) is 0.745. The first-order valence-corrected chi connectivity index (χ1v) is 9.00. The third-order valence-electron chi connectivity index (χ3n) is 4.73. The summed E-state index contributed by atoms with van der Waals surface area (Å²) in [7, 11) is 0. The molecule has 1 aliphatic heterocycles.